The molecule has 2 heterocycles. The van der Waals surface area contributed by atoms with Gasteiger partial charge in [0.2, 0.25) is 5.91 Å². The molecule has 2 aromatic carbocycles. The van der Waals surface area contributed by atoms with Crippen molar-refractivity contribution >= 4 is 11.7 Å². The second-order valence-electron chi connectivity index (χ2n) is 6.47. The van der Waals surface area contributed by atoms with Gasteiger partial charge < -0.3 is 19.5 Å². The number of nitrogens with zero attached hydrogens (tertiary/aromatic N) is 2. The predicted molar refractivity (Wildman–Crippen MR) is 105 cm³/mol. The number of carbonyl (C=O) groups is 1. The van der Waals surface area contributed by atoms with Crippen LogP contribution in [-0.4, -0.2) is 36.8 Å². The molecule has 0 bridgehead atoms. The summed E-state index contributed by atoms with van der Waals surface area (Å²) in [5, 5.41) is 2.96. The van der Waals surface area contributed by atoms with Crippen molar-refractivity contribution < 1.29 is 19.0 Å². The van der Waals surface area contributed by atoms with Crippen LogP contribution < -0.4 is 19.5 Å². The number of aromatic nitrogens is 2. The van der Waals surface area contributed by atoms with E-state index in [0.29, 0.717) is 23.7 Å². The molecule has 1 amide bonds. The Hall–Kier alpha value is -3.48. The molecule has 0 saturated heterocycles. The van der Waals surface area contributed by atoms with Crippen LogP contribution in [0.2, 0.25) is 0 Å². The average Bonchev–Trinajstić information content (AvgIpc) is 3.16. The van der Waals surface area contributed by atoms with E-state index in [1.807, 2.05) is 47.0 Å². The van der Waals surface area contributed by atoms with Gasteiger partial charge in [-0.2, -0.15) is 0 Å². The second kappa shape index (κ2) is 7.26. The third-order valence-corrected chi connectivity index (χ3v) is 4.91. The van der Waals surface area contributed by atoms with Crippen LogP contribution in [0.25, 0.3) is 5.69 Å². The molecule has 4 rings (SSSR count). The highest BCUT2D eigenvalue weighted by Gasteiger charge is 2.31. The number of amides is 1. The predicted octanol–water partition coefficient (Wildman–Crippen LogP) is 3.37. The van der Waals surface area contributed by atoms with E-state index in [2.05, 4.69) is 10.3 Å². The summed E-state index contributed by atoms with van der Waals surface area (Å²) in [6.07, 6.45) is 2.02. The van der Waals surface area contributed by atoms with Gasteiger partial charge in [-0.25, -0.2) is 4.98 Å². The lowest BCUT2D eigenvalue weighted by atomic mass is 9.89. The lowest BCUT2D eigenvalue weighted by molar-refractivity contribution is -0.116. The van der Waals surface area contributed by atoms with Crippen LogP contribution in [0.3, 0.4) is 0 Å². The number of hydrogen-bond acceptors (Lipinski definition) is 5. The van der Waals surface area contributed by atoms with Crippen LogP contribution in [-0.2, 0) is 4.79 Å². The van der Waals surface area contributed by atoms with Gasteiger partial charge in [-0.3, -0.25) is 9.36 Å². The molecule has 0 fully saturated rings. The summed E-state index contributed by atoms with van der Waals surface area (Å²) in [7, 11) is 4.84. The van der Waals surface area contributed by atoms with Gasteiger partial charge in [0.15, 0.2) is 0 Å². The van der Waals surface area contributed by atoms with Crippen LogP contribution in [0.4, 0.5) is 5.82 Å². The number of carbonyl (C=O) groups excluding carboxylic acids is 1. The number of rotatable bonds is 5. The Morgan fingerprint density at radius 1 is 1.04 bits per heavy atom. The number of benzene rings is 2. The van der Waals surface area contributed by atoms with Gasteiger partial charge in [-0.1, -0.05) is 12.1 Å². The smallest absolute Gasteiger partial charge is 0.226 e. The van der Waals surface area contributed by atoms with Gasteiger partial charge in [0.05, 0.1) is 32.7 Å². The lowest BCUT2D eigenvalue weighted by Crippen LogP contribution is -2.25. The minimum Gasteiger partial charge on any atom is -0.497 e. The first-order valence-electron chi connectivity index (χ1n) is 8.88. The number of fused-ring (bicyclic) bond motifs is 1. The van der Waals surface area contributed by atoms with E-state index in [-0.39, 0.29) is 11.8 Å². The van der Waals surface area contributed by atoms with Gasteiger partial charge in [-0.05, 0) is 29.8 Å². The first-order chi connectivity index (χ1) is 13.6. The molecule has 1 N–H and O–H groups in total. The third kappa shape index (κ3) is 3.05. The van der Waals surface area contributed by atoms with Crippen molar-refractivity contribution in [2.24, 2.45) is 0 Å². The molecule has 144 valence electrons. The van der Waals surface area contributed by atoms with Crippen LogP contribution in [0, 0.1) is 0 Å². The summed E-state index contributed by atoms with van der Waals surface area (Å²) < 4.78 is 18.0. The molecule has 0 spiro atoms. The number of ether oxygens (including phenoxy) is 3. The van der Waals surface area contributed by atoms with E-state index in [0.717, 1.165) is 22.7 Å². The van der Waals surface area contributed by atoms with Gasteiger partial charge in [0, 0.05) is 18.4 Å². The minimum atomic E-state index is -0.156. The van der Waals surface area contributed by atoms with Crippen LogP contribution >= 0.6 is 0 Å². The second-order valence-corrected chi connectivity index (χ2v) is 6.47. The van der Waals surface area contributed by atoms with E-state index in [1.54, 1.807) is 27.7 Å². The molecule has 0 saturated carbocycles. The average molecular weight is 379 g/mol. The molecule has 0 radical (unpaired) electrons. The molecule has 7 heteroatoms. The number of hydrogen-bond donors (Lipinski definition) is 1. The van der Waals surface area contributed by atoms with Crippen LogP contribution in [0.5, 0.6) is 17.2 Å². The molecule has 1 aromatic heterocycles. The monoisotopic (exact) mass is 379 g/mol. The van der Waals surface area contributed by atoms with E-state index >= 15 is 0 Å². The zero-order valence-corrected chi connectivity index (χ0v) is 15.9. The highest BCUT2D eigenvalue weighted by molar-refractivity contribution is 5.94. The summed E-state index contributed by atoms with van der Waals surface area (Å²) in [6, 6.07) is 13.2. The fraction of sp³-hybridized carbons (Fsp3) is 0.238. The summed E-state index contributed by atoms with van der Waals surface area (Å²) in [4.78, 5) is 17.1. The normalized spacial score (nSPS) is 15.5. The van der Waals surface area contributed by atoms with Crippen molar-refractivity contribution in [2.75, 3.05) is 26.6 Å². The van der Waals surface area contributed by atoms with Crippen molar-refractivity contribution in [3.63, 3.8) is 0 Å². The Morgan fingerprint density at radius 2 is 1.82 bits per heavy atom. The van der Waals surface area contributed by atoms with Crippen molar-refractivity contribution in [3.8, 4) is 22.9 Å². The molecule has 3 aromatic rings. The number of imidazole rings is 1. The van der Waals surface area contributed by atoms with Crippen LogP contribution in [0.15, 0.2) is 48.8 Å². The summed E-state index contributed by atoms with van der Waals surface area (Å²) in [5.74, 6) is 2.50. The maximum Gasteiger partial charge on any atom is 0.226 e. The summed E-state index contributed by atoms with van der Waals surface area (Å²) >= 11 is 0. The molecule has 1 unspecified atom stereocenters. The molecule has 1 atom stereocenters. The third-order valence-electron chi connectivity index (χ3n) is 4.91. The molecule has 7 nitrogen and oxygen atoms in total. The van der Waals surface area contributed by atoms with Crippen LogP contribution in [0.1, 0.15) is 23.6 Å². The zero-order valence-electron chi connectivity index (χ0n) is 15.9. The highest BCUT2D eigenvalue weighted by atomic mass is 16.5. The maximum atomic E-state index is 12.5. The van der Waals surface area contributed by atoms with Gasteiger partial charge >= 0.3 is 0 Å². The Bertz CT molecular complexity index is 1030. The zero-order chi connectivity index (χ0) is 19.7. The number of nitrogens with one attached hydrogen (secondary N) is 1. The van der Waals surface area contributed by atoms with Gasteiger partial charge in [0.25, 0.3) is 0 Å². The van der Waals surface area contributed by atoms with Gasteiger partial charge in [0.1, 0.15) is 29.4 Å². The molecular formula is C21H21N3O4. The molecule has 28 heavy (non-hydrogen) atoms. The first-order valence-corrected chi connectivity index (χ1v) is 8.88. The molecule has 1 aliphatic heterocycles. The standard InChI is InChI=1S/C21H21N3O4/c1-26-14-6-4-5-13(9-14)16-11-19(25)23-21-20(16)22-12-24(21)17-10-15(27-2)7-8-18(17)28-3/h4-10,12,16H,11H2,1-3H3,(H,23,25). The number of anilines is 1. The fourth-order valence-electron chi connectivity index (χ4n) is 3.51. The SMILES string of the molecule is COc1cccc(C2CC(=O)Nc3c2ncn3-c2cc(OC)ccc2OC)c1. The Kier molecular flexibility index (Phi) is 4.65. The van der Waals surface area contributed by atoms with Crippen molar-refractivity contribution in [1.82, 2.24) is 9.55 Å². The Labute approximate surface area is 162 Å². The Morgan fingerprint density at radius 3 is 2.57 bits per heavy atom. The summed E-state index contributed by atoms with van der Waals surface area (Å²) in [6.45, 7) is 0. The first kappa shape index (κ1) is 17.9. The Balaban J connectivity index is 1.83. The maximum absolute atomic E-state index is 12.5. The summed E-state index contributed by atoms with van der Waals surface area (Å²) in [5.41, 5.74) is 2.53. The van der Waals surface area contributed by atoms with Crippen molar-refractivity contribution in [2.45, 2.75) is 12.3 Å². The minimum absolute atomic E-state index is 0.0658. The van der Waals surface area contributed by atoms with Crippen molar-refractivity contribution in [1.29, 1.82) is 0 Å². The topological polar surface area (TPSA) is 74.6 Å². The lowest BCUT2D eigenvalue weighted by Gasteiger charge is -2.24. The molecule has 0 aliphatic carbocycles. The highest BCUT2D eigenvalue weighted by Crippen LogP contribution is 2.40. The van der Waals surface area contributed by atoms with E-state index < -0.39 is 0 Å². The largest absolute Gasteiger partial charge is 0.497 e. The van der Waals surface area contributed by atoms with Gasteiger partial charge in [-0.15, -0.1) is 0 Å². The van der Waals surface area contributed by atoms with Crippen molar-refractivity contribution in [3.05, 3.63) is 60.0 Å². The number of methoxy groups -OCH3 is 3. The van der Waals surface area contributed by atoms with E-state index in [1.165, 1.54) is 0 Å². The molecular weight excluding hydrogens is 358 g/mol. The fourth-order valence-corrected chi connectivity index (χ4v) is 3.51. The van der Waals surface area contributed by atoms with E-state index in [9.17, 15) is 4.79 Å². The molecule has 1 aliphatic rings. The van der Waals surface area contributed by atoms with E-state index in [4.69, 9.17) is 14.2 Å². The quantitative estimate of drug-likeness (QED) is 0.736.